The van der Waals surface area contributed by atoms with Crippen LogP contribution in [0.3, 0.4) is 0 Å². The number of ether oxygens (including phenoxy) is 2. The molecule has 1 aromatic rings. The van der Waals surface area contributed by atoms with Gasteiger partial charge in [-0.15, -0.1) is 0 Å². The Morgan fingerprint density at radius 2 is 2.05 bits per heavy atom. The van der Waals surface area contributed by atoms with E-state index in [0.717, 1.165) is 28.8 Å². The van der Waals surface area contributed by atoms with E-state index in [9.17, 15) is 4.79 Å². The van der Waals surface area contributed by atoms with E-state index in [2.05, 4.69) is 21.2 Å². The molecule has 1 N–H and O–H groups in total. The molecular weight excluding hydrogens is 310 g/mol. The lowest BCUT2D eigenvalue weighted by Crippen LogP contribution is -2.27. The van der Waals surface area contributed by atoms with Crippen molar-refractivity contribution in [2.24, 2.45) is 0 Å². The predicted octanol–water partition coefficient (Wildman–Crippen LogP) is 3.98. The lowest BCUT2D eigenvalue weighted by atomic mass is 10.1. The number of carbonyl (C=O) groups excluding carboxylic acids is 1. The number of rotatable bonds is 4. The Balaban J connectivity index is 2.84. The van der Waals surface area contributed by atoms with Gasteiger partial charge in [-0.2, -0.15) is 0 Å². The number of nitrogens with one attached hydrogen (secondary N) is 1. The second kappa shape index (κ2) is 6.80. The normalized spacial score (nSPS) is 11.0. The van der Waals surface area contributed by atoms with Gasteiger partial charge in [-0.3, -0.25) is 5.32 Å². The molecule has 1 amide bonds. The van der Waals surface area contributed by atoms with Crippen LogP contribution in [0.5, 0.6) is 5.75 Å². The fourth-order valence-electron chi connectivity index (χ4n) is 1.54. The van der Waals surface area contributed by atoms with Crippen molar-refractivity contribution in [3.63, 3.8) is 0 Å². The van der Waals surface area contributed by atoms with E-state index in [1.165, 1.54) is 0 Å². The molecule has 0 aromatic heterocycles. The Labute approximate surface area is 122 Å². The Morgan fingerprint density at radius 3 is 2.58 bits per heavy atom. The molecule has 0 saturated heterocycles. The van der Waals surface area contributed by atoms with Crippen LogP contribution in [0.15, 0.2) is 18.2 Å². The van der Waals surface area contributed by atoms with E-state index >= 15 is 0 Å². The molecule has 0 radical (unpaired) electrons. The summed E-state index contributed by atoms with van der Waals surface area (Å²) in [5.41, 5.74) is 1.24. The maximum absolute atomic E-state index is 11.8. The Kier molecular flexibility index (Phi) is 5.66. The number of methoxy groups -OCH3 is 1. The van der Waals surface area contributed by atoms with Crippen LogP contribution in [0.4, 0.5) is 10.5 Å². The number of hydrogen-bond acceptors (Lipinski definition) is 3. The predicted molar refractivity (Wildman–Crippen MR) is 80.3 cm³/mol. The first kappa shape index (κ1) is 15.8. The van der Waals surface area contributed by atoms with Gasteiger partial charge in [0.05, 0.1) is 7.11 Å². The Morgan fingerprint density at radius 1 is 1.37 bits per heavy atom. The minimum atomic E-state index is -0.508. The number of anilines is 1. The molecule has 106 valence electrons. The molecule has 0 bridgehead atoms. The summed E-state index contributed by atoms with van der Waals surface area (Å²) >= 11 is 3.40. The number of amides is 1. The van der Waals surface area contributed by atoms with Gasteiger partial charge in [0.15, 0.2) is 0 Å². The van der Waals surface area contributed by atoms with E-state index in [-0.39, 0.29) is 0 Å². The molecule has 0 unspecified atom stereocenters. The molecule has 0 spiro atoms. The summed E-state index contributed by atoms with van der Waals surface area (Å²) < 4.78 is 10.4. The lowest BCUT2D eigenvalue weighted by molar-refractivity contribution is 0.0636. The number of alkyl halides is 1. The van der Waals surface area contributed by atoms with E-state index in [4.69, 9.17) is 9.47 Å². The van der Waals surface area contributed by atoms with Gasteiger partial charge in [0.1, 0.15) is 11.4 Å². The molecule has 19 heavy (non-hydrogen) atoms. The minimum Gasteiger partial charge on any atom is -0.497 e. The van der Waals surface area contributed by atoms with Crippen molar-refractivity contribution in [2.45, 2.75) is 32.8 Å². The quantitative estimate of drug-likeness (QED) is 0.850. The van der Waals surface area contributed by atoms with E-state index in [0.29, 0.717) is 0 Å². The first-order valence-corrected chi connectivity index (χ1v) is 7.21. The highest BCUT2D eigenvalue weighted by Gasteiger charge is 2.17. The van der Waals surface area contributed by atoms with Crippen molar-refractivity contribution in [3.05, 3.63) is 23.8 Å². The molecule has 5 heteroatoms. The van der Waals surface area contributed by atoms with Gasteiger partial charge >= 0.3 is 6.09 Å². The SMILES string of the molecule is COc1ccc(NC(=O)OC(C)(C)C)c(CCBr)c1. The average molecular weight is 330 g/mol. The minimum absolute atomic E-state index is 0.450. The molecule has 1 rings (SSSR count). The first-order chi connectivity index (χ1) is 8.85. The smallest absolute Gasteiger partial charge is 0.412 e. The third kappa shape index (κ3) is 5.51. The summed E-state index contributed by atoms with van der Waals surface area (Å²) in [6.07, 6.45) is 0.344. The summed E-state index contributed by atoms with van der Waals surface area (Å²) in [5, 5.41) is 3.57. The van der Waals surface area contributed by atoms with Crippen LogP contribution in [0.25, 0.3) is 0 Å². The molecular formula is C14H20BrNO3. The van der Waals surface area contributed by atoms with Crippen LogP contribution in [-0.4, -0.2) is 24.1 Å². The topological polar surface area (TPSA) is 47.6 Å². The average Bonchev–Trinajstić information content (AvgIpc) is 2.29. The maximum atomic E-state index is 11.8. The molecule has 4 nitrogen and oxygen atoms in total. The standard InChI is InChI=1S/C14H20BrNO3/c1-14(2,3)19-13(17)16-12-6-5-11(18-4)9-10(12)7-8-15/h5-6,9H,7-8H2,1-4H3,(H,16,17). The van der Waals surface area contributed by atoms with Crippen molar-refractivity contribution in [3.8, 4) is 5.75 Å². The number of halogens is 1. The molecule has 0 aliphatic carbocycles. The van der Waals surface area contributed by atoms with Gasteiger partial charge in [-0.1, -0.05) is 15.9 Å². The molecule has 0 aliphatic rings. The number of aryl methyl sites for hydroxylation is 1. The monoisotopic (exact) mass is 329 g/mol. The second-order valence-corrected chi connectivity index (χ2v) is 5.88. The summed E-state index contributed by atoms with van der Waals surface area (Å²) in [5.74, 6) is 0.769. The zero-order valence-corrected chi connectivity index (χ0v) is 13.3. The van der Waals surface area contributed by atoms with Crippen molar-refractivity contribution in [2.75, 3.05) is 17.8 Å². The van der Waals surface area contributed by atoms with Crippen molar-refractivity contribution in [1.29, 1.82) is 0 Å². The Bertz CT molecular complexity index is 441. The summed E-state index contributed by atoms with van der Waals surface area (Å²) in [4.78, 5) is 11.8. The van der Waals surface area contributed by atoms with Gasteiger partial charge in [0.25, 0.3) is 0 Å². The van der Waals surface area contributed by atoms with Gasteiger partial charge in [0, 0.05) is 11.0 Å². The zero-order valence-electron chi connectivity index (χ0n) is 11.7. The highest BCUT2D eigenvalue weighted by molar-refractivity contribution is 9.09. The number of benzene rings is 1. The van der Waals surface area contributed by atoms with Crippen LogP contribution < -0.4 is 10.1 Å². The maximum Gasteiger partial charge on any atom is 0.412 e. The van der Waals surface area contributed by atoms with Crippen LogP contribution in [0, 0.1) is 0 Å². The fraction of sp³-hybridized carbons (Fsp3) is 0.500. The van der Waals surface area contributed by atoms with Crippen LogP contribution >= 0.6 is 15.9 Å². The van der Waals surface area contributed by atoms with Gasteiger partial charge in [-0.25, -0.2) is 4.79 Å². The molecule has 1 aromatic carbocycles. The van der Waals surface area contributed by atoms with E-state index in [1.54, 1.807) is 7.11 Å². The van der Waals surface area contributed by atoms with Crippen molar-refractivity contribution < 1.29 is 14.3 Å². The van der Waals surface area contributed by atoms with Crippen LogP contribution in [-0.2, 0) is 11.2 Å². The Hall–Kier alpha value is -1.23. The van der Waals surface area contributed by atoms with Crippen molar-refractivity contribution >= 4 is 27.7 Å². The third-order valence-electron chi connectivity index (χ3n) is 2.31. The number of carbonyl (C=O) groups is 1. The molecule has 0 atom stereocenters. The molecule has 0 fully saturated rings. The highest BCUT2D eigenvalue weighted by atomic mass is 79.9. The first-order valence-electron chi connectivity index (χ1n) is 6.08. The largest absolute Gasteiger partial charge is 0.497 e. The third-order valence-corrected chi connectivity index (χ3v) is 2.71. The van der Waals surface area contributed by atoms with Gasteiger partial charge in [-0.05, 0) is 51.0 Å². The second-order valence-electron chi connectivity index (χ2n) is 5.09. The van der Waals surface area contributed by atoms with Crippen LogP contribution in [0.1, 0.15) is 26.3 Å². The summed E-state index contributed by atoms with van der Waals surface area (Å²) in [6.45, 7) is 5.50. The van der Waals surface area contributed by atoms with E-state index < -0.39 is 11.7 Å². The lowest BCUT2D eigenvalue weighted by Gasteiger charge is -2.20. The fourth-order valence-corrected chi connectivity index (χ4v) is 1.97. The van der Waals surface area contributed by atoms with Crippen LogP contribution in [0.2, 0.25) is 0 Å². The van der Waals surface area contributed by atoms with Crippen molar-refractivity contribution in [1.82, 2.24) is 0 Å². The molecule has 0 saturated carbocycles. The molecule has 0 aliphatic heterocycles. The zero-order chi connectivity index (χ0) is 14.5. The highest BCUT2D eigenvalue weighted by Crippen LogP contribution is 2.23. The van der Waals surface area contributed by atoms with Gasteiger partial charge < -0.3 is 9.47 Å². The summed E-state index contributed by atoms with van der Waals surface area (Å²) in [7, 11) is 1.62. The van der Waals surface area contributed by atoms with E-state index in [1.807, 2.05) is 39.0 Å². The van der Waals surface area contributed by atoms with Gasteiger partial charge in [0.2, 0.25) is 0 Å². The number of hydrogen-bond donors (Lipinski definition) is 1. The summed E-state index contributed by atoms with van der Waals surface area (Å²) in [6, 6.07) is 5.54. The molecule has 0 heterocycles.